The fourth-order valence-electron chi connectivity index (χ4n) is 3.41. The molecule has 0 saturated carbocycles. The van der Waals surface area contributed by atoms with Gasteiger partial charge >= 0.3 is 5.97 Å². The summed E-state index contributed by atoms with van der Waals surface area (Å²) in [5, 5.41) is 1.13. The number of hydrogen-bond acceptors (Lipinski definition) is 6. The maximum absolute atomic E-state index is 12.0. The molecule has 1 fully saturated rings. The van der Waals surface area contributed by atoms with Gasteiger partial charge in [0.05, 0.1) is 12.5 Å². The van der Waals surface area contributed by atoms with Crippen molar-refractivity contribution in [2.75, 3.05) is 12.0 Å². The van der Waals surface area contributed by atoms with Crippen LogP contribution in [0.15, 0.2) is 0 Å². The number of rotatable bonds is 2. The maximum atomic E-state index is 12.0. The number of piperidine rings is 1. The third kappa shape index (κ3) is 2.78. The third-order valence-corrected chi connectivity index (χ3v) is 5.89. The Kier molecular flexibility index (Phi) is 4.47. The molecule has 0 radical (unpaired) electrons. The first kappa shape index (κ1) is 16.5. The van der Waals surface area contributed by atoms with E-state index < -0.39 is 0 Å². The topological polar surface area (TPSA) is 55.3 Å². The van der Waals surface area contributed by atoms with Crippen LogP contribution in [0, 0.1) is 6.92 Å². The van der Waals surface area contributed by atoms with Crippen LogP contribution in [0.3, 0.4) is 0 Å². The van der Waals surface area contributed by atoms with E-state index in [0.29, 0.717) is 17.0 Å². The van der Waals surface area contributed by atoms with E-state index in [1.165, 1.54) is 24.9 Å². The number of esters is 1. The van der Waals surface area contributed by atoms with Gasteiger partial charge in [-0.15, -0.1) is 11.3 Å². The van der Waals surface area contributed by atoms with Crippen molar-refractivity contribution in [1.29, 1.82) is 0 Å². The number of thiophene rings is 1. The number of hydrogen-bond donors (Lipinski definition) is 0. The van der Waals surface area contributed by atoms with Gasteiger partial charge in [0, 0.05) is 12.1 Å². The molecule has 3 heterocycles. The summed E-state index contributed by atoms with van der Waals surface area (Å²) in [6.07, 6.45) is 3.47. The van der Waals surface area contributed by atoms with Crippen LogP contribution in [-0.4, -0.2) is 35.1 Å². The van der Waals surface area contributed by atoms with E-state index in [1.54, 1.807) is 0 Å². The average molecular weight is 354 g/mol. The van der Waals surface area contributed by atoms with Gasteiger partial charge in [0.25, 0.3) is 0 Å². The van der Waals surface area contributed by atoms with Crippen molar-refractivity contribution >= 4 is 44.9 Å². The molecule has 2 aromatic rings. The van der Waals surface area contributed by atoms with Crippen molar-refractivity contribution in [3.63, 3.8) is 0 Å². The van der Waals surface area contributed by atoms with E-state index in [1.807, 2.05) is 6.92 Å². The van der Waals surface area contributed by atoms with E-state index >= 15 is 0 Å². The lowest BCUT2D eigenvalue weighted by Gasteiger charge is -2.40. The van der Waals surface area contributed by atoms with Crippen molar-refractivity contribution in [1.82, 2.24) is 9.97 Å². The zero-order valence-electron chi connectivity index (χ0n) is 13.7. The predicted molar refractivity (Wildman–Crippen MR) is 93.8 cm³/mol. The lowest BCUT2D eigenvalue weighted by Crippen LogP contribution is -2.44. The van der Waals surface area contributed by atoms with Crippen LogP contribution in [0.2, 0.25) is 5.28 Å². The lowest BCUT2D eigenvalue weighted by atomic mass is 9.97. The highest BCUT2D eigenvalue weighted by Crippen LogP contribution is 2.39. The first-order valence-electron chi connectivity index (χ1n) is 7.77. The summed E-state index contributed by atoms with van der Waals surface area (Å²) in [5.74, 6) is 0.496. The second kappa shape index (κ2) is 6.24. The van der Waals surface area contributed by atoms with Gasteiger partial charge in [-0.2, -0.15) is 4.98 Å². The summed E-state index contributed by atoms with van der Waals surface area (Å²) >= 11 is 7.47. The molecule has 0 bridgehead atoms. The highest BCUT2D eigenvalue weighted by Gasteiger charge is 2.30. The minimum atomic E-state index is -0.340. The van der Waals surface area contributed by atoms with Gasteiger partial charge in [0.15, 0.2) is 0 Å². The van der Waals surface area contributed by atoms with Gasteiger partial charge in [0.1, 0.15) is 15.5 Å². The van der Waals surface area contributed by atoms with E-state index in [-0.39, 0.29) is 11.3 Å². The number of nitrogens with zero attached hydrogens (tertiary/aromatic N) is 3. The number of carbonyl (C=O) groups excluding carboxylic acids is 1. The fraction of sp³-hybridized carbons (Fsp3) is 0.562. The lowest BCUT2D eigenvalue weighted by molar-refractivity contribution is 0.0605. The summed E-state index contributed by atoms with van der Waals surface area (Å²) in [5.41, 5.74) is 0.869. The molecule has 0 amide bonds. The Hall–Kier alpha value is -1.40. The second-order valence-corrected chi connectivity index (χ2v) is 7.42. The number of anilines is 1. The largest absolute Gasteiger partial charge is 0.465 e. The Morgan fingerprint density at radius 1 is 1.30 bits per heavy atom. The standard InChI is InChI=1S/C16H20ClN3O2S/c1-8-6-5-7-9(2)20(8)13-11-10(3)12(15(21)22-4)23-14(11)19-16(17)18-13/h8-9H,5-7H2,1-4H3. The molecule has 0 spiro atoms. The number of halogens is 1. The van der Waals surface area contributed by atoms with E-state index in [2.05, 4.69) is 28.7 Å². The van der Waals surface area contributed by atoms with Gasteiger partial charge in [0.2, 0.25) is 5.28 Å². The van der Waals surface area contributed by atoms with Crippen LogP contribution < -0.4 is 4.90 Å². The molecule has 1 saturated heterocycles. The third-order valence-electron chi connectivity index (χ3n) is 4.55. The summed E-state index contributed by atoms with van der Waals surface area (Å²) in [7, 11) is 1.39. The number of carbonyl (C=O) groups is 1. The van der Waals surface area contributed by atoms with Crippen LogP contribution in [0.5, 0.6) is 0 Å². The van der Waals surface area contributed by atoms with Gasteiger partial charge in [-0.1, -0.05) is 0 Å². The van der Waals surface area contributed by atoms with E-state index in [4.69, 9.17) is 16.3 Å². The Morgan fingerprint density at radius 3 is 2.57 bits per heavy atom. The predicted octanol–water partition coefficient (Wildman–Crippen LogP) is 4.21. The molecule has 0 N–H and O–H groups in total. The summed E-state index contributed by atoms with van der Waals surface area (Å²) in [6, 6.07) is 0.766. The average Bonchev–Trinajstić information content (AvgIpc) is 2.83. The molecule has 2 aromatic heterocycles. The van der Waals surface area contributed by atoms with Crippen LogP contribution in [-0.2, 0) is 4.74 Å². The zero-order valence-corrected chi connectivity index (χ0v) is 15.3. The van der Waals surface area contributed by atoms with Crippen LogP contribution >= 0.6 is 22.9 Å². The molecule has 2 unspecified atom stereocenters. The number of ether oxygens (including phenoxy) is 1. The first-order chi connectivity index (χ1) is 10.9. The normalized spacial score (nSPS) is 21.7. The fourth-order valence-corrected chi connectivity index (χ4v) is 4.71. The summed E-state index contributed by atoms with van der Waals surface area (Å²) < 4.78 is 4.88. The van der Waals surface area contributed by atoms with Crippen LogP contribution in [0.25, 0.3) is 10.2 Å². The Bertz CT molecular complexity index is 751. The van der Waals surface area contributed by atoms with Crippen LogP contribution in [0.1, 0.15) is 48.3 Å². The van der Waals surface area contributed by atoms with Gasteiger partial charge in [-0.25, -0.2) is 9.78 Å². The molecule has 0 aliphatic carbocycles. The molecule has 7 heteroatoms. The highest BCUT2D eigenvalue weighted by molar-refractivity contribution is 7.20. The molecule has 1 aliphatic rings. The number of aryl methyl sites for hydroxylation is 1. The number of fused-ring (bicyclic) bond motifs is 1. The Labute approximate surface area is 144 Å². The van der Waals surface area contributed by atoms with Crippen LogP contribution in [0.4, 0.5) is 5.82 Å². The smallest absolute Gasteiger partial charge is 0.348 e. The molecule has 3 rings (SSSR count). The van der Waals surface area contributed by atoms with Crippen molar-refractivity contribution < 1.29 is 9.53 Å². The molecule has 23 heavy (non-hydrogen) atoms. The Morgan fingerprint density at radius 2 is 1.96 bits per heavy atom. The first-order valence-corrected chi connectivity index (χ1v) is 8.96. The number of aromatic nitrogens is 2. The SMILES string of the molecule is COC(=O)c1sc2nc(Cl)nc(N3C(C)CCCC3C)c2c1C. The second-order valence-electron chi connectivity index (χ2n) is 6.08. The zero-order chi connectivity index (χ0) is 16.7. The molecular weight excluding hydrogens is 334 g/mol. The molecule has 1 aliphatic heterocycles. The minimum Gasteiger partial charge on any atom is -0.465 e. The molecule has 2 atom stereocenters. The molecule has 0 aromatic carbocycles. The number of methoxy groups -OCH3 is 1. The summed E-state index contributed by atoms with van der Waals surface area (Å²) in [6.45, 7) is 6.34. The van der Waals surface area contributed by atoms with Crippen molar-refractivity contribution in [3.8, 4) is 0 Å². The van der Waals surface area contributed by atoms with Gasteiger partial charge < -0.3 is 9.64 Å². The molecule has 5 nitrogen and oxygen atoms in total. The monoisotopic (exact) mass is 353 g/mol. The van der Waals surface area contributed by atoms with Crippen molar-refractivity contribution in [3.05, 3.63) is 15.7 Å². The maximum Gasteiger partial charge on any atom is 0.348 e. The highest BCUT2D eigenvalue weighted by atomic mass is 35.5. The van der Waals surface area contributed by atoms with Crippen molar-refractivity contribution in [2.45, 2.75) is 52.1 Å². The molecule has 124 valence electrons. The summed E-state index contributed by atoms with van der Waals surface area (Å²) in [4.78, 5) is 24.5. The van der Waals surface area contributed by atoms with E-state index in [9.17, 15) is 4.79 Å². The Balaban J connectivity index is 2.23. The quantitative estimate of drug-likeness (QED) is 0.598. The van der Waals surface area contributed by atoms with Gasteiger partial charge in [-0.3, -0.25) is 0 Å². The van der Waals surface area contributed by atoms with Gasteiger partial charge in [-0.05, 0) is 57.2 Å². The van der Waals surface area contributed by atoms with E-state index in [0.717, 1.165) is 34.4 Å². The molecular formula is C16H20ClN3O2S. The van der Waals surface area contributed by atoms with Crippen molar-refractivity contribution in [2.24, 2.45) is 0 Å². The minimum absolute atomic E-state index is 0.218.